The molecule has 9 heteroatoms. The fraction of sp³-hybridized carbons (Fsp3) is 0.172. The Morgan fingerprint density at radius 2 is 1.61 bits per heavy atom. The molecule has 8 nitrogen and oxygen atoms in total. The van der Waals surface area contributed by atoms with Gasteiger partial charge in [-0.3, -0.25) is 14.4 Å². The molecule has 3 aromatic carbocycles. The van der Waals surface area contributed by atoms with Crippen molar-refractivity contribution in [1.82, 2.24) is 0 Å². The minimum absolute atomic E-state index is 0.139. The van der Waals surface area contributed by atoms with Crippen molar-refractivity contribution in [2.24, 2.45) is 0 Å². The number of aryl methyl sites for hydroxylation is 1. The summed E-state index contributed by atoms with van der Waals surface area (Å²) in [7, 11) is 1.24. The lowest BCUT2D eigenvalue weighted by molar-refractivity contribution is -0.120. The average molecular weight is 532 g/mol. The molecule has 0 atom stereocenters. The van der Waals surface area contributed by atoms with E-state index in [4.69, 9.17) is 16.3 Å². The van der Waals surface area contributed by atoms with Crippen molar-refractivity contribution in [2.75, 3.05) is 22.6 Å². The summed E-state index contributed by atoms with van der Waals surface area (Å²) >= 11 is 6.24. The number of rotatable bonds is 9. The molecule has 0 aromatic heterocycles. The number of hydrogen-bond acceptors (Lipinski definition) is 6. The molecular formula is C29H26ClN3O5. The highest BCUT2D eigenvalue weighted by Gasteiger charge is 2.39. The smallest absolute Gasteiger partial charge is 0.337 e. The molecule has 0 radical (unpaired) electrons. The third-order valence-electron chi connectivity index (χ3n) is 5.98. The Bertz CT molecular complexity index is 1430. The molecule has 4 rings (SSSR count). The van der Waals surface area contributed by atoms with Crippen molar-refractivity contribution in [2.45, 2.75) is 26.2 Å². The first-order chi connectivity index (χ1) is 18.3. The first kappa shape index (κ1) is 26.6. The molecule has 2 N–H and O–H groups in total. The van der Waals surface area contributed by atoms with Crippen LogP contribution in [0.15, 0.2) is 83.5 Å². The van der Waals surface area contributed by atoms with Gasteiger partial charge in [-0.1, -0.05) is 49.2 Å². The van der Waals surface area contributed by atoms with Gasteiger partial charge in [0.25, 0.3) is 17.7 Å². The SMILES string of the molecule is CCCCc1ccc(NC(=O)c2cccc(NC3=C(Cl)C(=O)N(c4cccc(C(=O)OC)c4)C3=O)c2)cc1. The zero-order valence-electron chi connectivity index (χ0n) is 20.9. The topological polar surface area (TPSA) is 105 Å². The number of benzene rings is 3. The number of halogens is 1. The van der Waals surface area contributed by atoms with Crippen LogP contribution in [0.3, 0.4) is 0 Å². The number of carbonyl (C=O) groups is 4. The van der Waals surface area contributed by atoms with E-state index in [0.29, 0.717) is 16.9 Å². The second kappa shape index (κ2) is 11.7. The Morgan fingerprint density at radius 1 is 0.895 bits per heavy atom. The van der Waals surface area contributed by atoms with E-state index < -0.39 is 17.8 Å². The van der Waals surface area contributed by atoms with E-state index in [1.165, 1.54) is 36.9 Å². The number of carbonyl (C=O) groups excluding carboxylic acids is 4. The lowest BCUT2D eigenvalue weighted by atomic mass is 10.1. The van der Waals surface area contributed by atoms with Crippen LogP contribution in [0.5, 0.6) is 0 Å². The fourth-order valence-electron chi connectivity index (χ4n) is 3.96. The van der Waals surface area contributed by atoms with Gasteiger partial charge in [-0.05, 0) is 66.9 Å². The standard InChI is InChI=1S/C29H26ClN3O5/c1-3-4-7-18-12-14-21(15-13-18)32-26(34)19-8-5-10-22(16-19)31-25-24(30)27(35)33(28(25)36)23-11-6-9-20(17-23)29(37)38-2/h5-6,8-17,31H,3-4,7H2,1-2H3,(H,32,34). The zero-order chi connectivity index (χ0) is 27.2. The van der Waals surface area contributed by atoms with E-state index in [1.54, 1.807) is 24.3 Å². The molecule has 38 heavy (non-hydrogen) atoms. The molecule has 1 aliphatic rings. The summed E-state index contributed by atoms with van der Waals surface area (Å²) in [5.74, 6) is -2.37. The van der Waals surface area contributed by atoms with Crippen molar-refractivity contribution in [3.63, 3.8) is 0 Å². The normalized spacial score (nSPS) is 13.1. The van der Waals surface area contributed by atoms with Gasteiger partial charge in [-0.15, -0.1) is 0 Å². The van der Waals surface area contributed by atoms with E-state index in [0.717, 1.165) is 24.2 Å². The third-order valence-corrected chi connectivity index (χ3v) is 6.33. The van der Waals surface area contributed by atoms with Gasteiger partial charge in [0.05, 0.1) is 18.4 Å². The molecule has 3 aromatic rings. The van der Waals surface area contributed by atoms with Crippen LogP contribution in [0.25, 0.3) is 0 Å². The second-order valence-electron chi connectivity index (χ2n) is 8.64. The third kappa shape index (κ3) is 5.76. The van der Waals surface area contributed by atoms with Gasteiger partial charge in [0.15, 0.2) is 0 Å². The lowest BCUT2D eigenvalue weighted by Crippen LogP contribution is -2.32. The number of imide groups is 1. The Morgan fingerprint density at radius 3 is 2.32 bits per heavy atom. The van der Waals surface area contributed by atoms with E-state index in [9.17, 15) is 19.2 Å². The predicted molar refractivity (Wildman–Crippen MR) is 146 cm³/mol. The summed E-state index contributed by atoms with van der Waals surface area (Å²) in [5.41, 5.74) is 2.83. The molecule has 0 bridgehead atoms. The Labute approximate surface area is 225 Å². The van der Waals surface area contributed by atoms with Gasteiger partial charge in [0.2, 0.25) is 0 Å². The molecule has 0 unspecified atom stereocenters. The molecule has 0 spiro atoms. The minimum atomic E-state index is -0.738. The summed E-state index contributed by atoms with van der Waals surface area (Å²) in [6, 6.07) is 20.1. The van der Waals surface area contributed by atoms with E-state index >= 15 is 0 Å². The molecule has 1 heterocycles. The highest BCUT2D eigenvalue weighted by atomic mass is 35.5. The van der Waals surface area contributed by atoms with Gasteiger partial charge >= 0.3 is 5.97 Å². The lowest BCUT2D eigenvalue weighted by Gasteiger charge is -2.16. The first-order valence-electron chi connectivity index (χ1n) is 12.1. The van der Waals surface area contributed by atoms with Crippen LogP contribution in [0.1, 0.15) is 46.0 Å². The number of esters is 1. The van der Waals surface area contributed by atoms with Crippen LogP contribution in [0, 0.1) is 0 Å². The fourth-order valence-corrected chi connectivity index (χ4v) is 4.17. The second-order valence-corrected chi connectivity index (χ2v) is 9.01. The molecule has 0 saturated carbocycles. The average Bonchev–Trinajstić information content (AvgIpc) is 3.15. The molecule has 3 amide bonds. The van der Waals surface area contributed by atoms with Crippen LogP contribution < -0.4 is 15.5 Å². The summed E-state index contributed by atoms with van der Waals surface area (Å²) in [5, 5.41) is 5.42. The molecule has 0 aliphatic carbocycles. The van der Waals surface area contributed by atoms with Gasteiger partial charge in [-0.2, -0.15) is 0 Å². The zero-order valence-corrected chi connectivity index (χ0v) is 21.7. The molecule has 0 fully saturated rings. The van der Waals surface area contributed by atoms with Crippen LogP contribution in [-0.2, 0) is 20.7 Å². The van der Waals surface area contributed by atoms with Crippen molar-refractivity contribution in [1.29, 1.82) is 0 Å². The summed E-state index contributed by atoms with van der Waals surface area (Å²) in [4.78, 5) is 51.6. The maximum absolute atomic E-state index is 13.1. The van der Waals surface area contributed by atoms with Gasteiger partial charge < -0.3 is 15.4 Å². The number of ether oxygens (including phenoxy) is 1. The van der Waals surface area contributed by atoms with Crippen LogP contribution in [0.4, 0.5) is 17.1 Å². The number of hydrogen-bond donors (Lipinski definition) is 2. The van der Waals surface area contributed by atoms with Gasteiger partial charge in [0.1, 0.15) is 10.7 Å². The van der Waals surface area contributed by atoms with E-state index in [1.807, 2.05) is 24.3 Å². The maximum Gasteiger partial charge on any atom is 0.337 e. The number of nitrogens with one attached hydrogen (secondary N) is 2. The number of methoxy groups -OCH3 is 1. The monoisotopic (exact) mass is 531 g/mol. The summed E-state index contributed by atoms with van der Waals surface area (Å²) in [6.07, 6.45) is 3.22. The van der Waals surface area contributed by atoms with Crippen LogP contribution >= 0.6 is 11.6 Å². The highest BCUT2D eigenvalue weighted by molar-refractivity contribution is 6.53. The Hall–Kier alpha value is -4.43. The number of nitrogens with zero attached hydrogens (tertiary/aromatic N) is 1. The van der Waals surface area contributed by atoms with Crippen LogP contribution in [-0.4, -0.2) is 30.8 Å². The molecule has 1 aliphatic heterocycles. The van der Waals surface area contributed by atoms with E-state index in [2.05, 4.69) is 17.6 Å². The quantitative estimate of drug-likeness (QED) is 0.279. The molecule has 194 valence electrons. The summed E-state index contributed by atoms with van der Waals surface area (Å²) in [6.45, 7) is 2.14. The number of unbranched alkanes of at least 4 members (excludes halogenated alkanes) is 1. The maximum atomic E-state index is 13.1. The Kier molecular flexibility index (Phi) is 8.23. The molecular weight excluding hydrogens is 506 g/mol. The minimum Gasteiger partial charge on any atom is -0.465 e. The number of anilines is 3. The van der Waals surface area contributed by atoms with Gasteiger partial charge in [-0.25, -0.2) is 9.69 Å². The molecule has 0 saturated heterocycles. The largest absolute Gasteiger partial charge is 0.465 e. The number of amides is 3. The predicted octanol–water partition coefficient (Wildman–Crippen LogP) is 5.50. The Balaban J connectivity index is 1.48. The highest BCUT2D eigenvalue weighted by Crippen LogP contribution is 2.31. The van der Waals surface area contributed by atoms with E-state index in [-0.39, 0.29) is 27.9 Å². The van der Waals surface area contributed by atoms with Crippen LogP contribution in [0.2, 0.25) is 0 Å². The summed E-state index contributed by atoms with van der Waals surface area (Å²) < 4.78 is 4.71. The van der Waals surface area contributed by atoms with Crippen molar-refractivity contribution >= 4 is 52.4 Å². The van der Waals surface area contributed by atoms with Crippen molar-refractivity contribution < 1.29 is 23.9 Å². The van der Waals surface area contributed by atoms with Crippen molar-refractivity contribution in [3.8, 4) is 0 Å². The van der Waals surface area contributed by atoms with Gasteiger partial charge in [0, 0.05) is 16.9 Å². The first-order valence-corrected chi connectivity index (χ1v) is 12.4. The van der Waals surface area contributed by atoms with Crippen molar-refractivity contribution in [3.05, 3.63) is 100 Å².